The molecule has 1 aliphatic rings. The molecule has 5 nitrogen and oxygen atoms in total. The van der Waals surface area contributed by atoms with Gasteiger partial charge in [0.1, 0.15) is 5.75 Å². The summed E-state index contributed by atoms with van der Waals surface area (Å²) >= 11 is 0. The number of carboxylic acids is 1. The van der Waals surface area contributed by atoms with Crippen LogP contribution in [0.3, 0.4) is 0 Å². The Morgan fingerprint density at radius 1 is 1.18 bits per heavy atom. The summed E-state index contributed by atoms with van der Waals surface area (Å²) < 4.78 is 5.09. The molecule has 0 radical (unpaired) electrons. The van der Waals surface area contributed by atoms with Crippen LogP contribution in [0.1, 0.15) is 31.2 Å². The van der Waals surface area contributed by atoms with Crippen molar-refractivity contribution in [1.29, 1.82) is 0 Å². The van der Waals surface area contributed by atoms with Crippen molar-refractivity contribution in [2.45, 2.75) is 32.1 Å². The number of hydrogen-bond acceptors (Lipinski definition) is 4. The van der Waals surface area contributed by atoms with Gasteiger partial charge in [-0.1, -0.05) is 25.0 Å². The van der Waals surface area contributed by atoms with E-state index >= 15 is 0 Å². The van der Waals surface area contributed by atoms with Crippen LogP contribution in [0.15, 0.2) is 24.3 Å². The zero-order valence-corrected chi connectivity index (χ0v) is 12.8. The molecule has 5 heteroatoms. The van der Waals surface area contributed by atoms with E-state index in [4.69, 9.17) is 4.74 Å². The van der Waals surface area contributed by atoms with E-state index < -0.39 is 17.8 Å². The highest BCUT2D eigenvalue weighted by molar-refractivity contribution is 5.84. The third kappa shape index (κ3) is 4.23. The zero-order valence-electron chi connectivity index (χ0n) is 12.8. The maximum absolute atomic E-state index is 12.2. The van der Waals surface area contributed by atoms with Crippen molar-refractivity contribution in [3.05, 3.63) is 29.8 Å². The SMILES string of the molecule is COc1ccc(CCNC(=O)[C@H]2CCCC[C@@H]2C(=O)[O-])cc1. The second kappa shape index (κ2) is 7.82. The van der Waals surface area contributed by atoms with E-state index in [-0.39, 0.29) is 5.91 Å². The van der Waals surface area contributed by atoms with Gasteiger partial charge >= 0.3 is 0 Å². The van der Waals surface area contributed by atoms with E-state index in [9.17, 15) is 14.7 Å². The Morgan fingerprint density at radius 3 is 2.41 bits per heavy atom. The number of carbonyl (C=O) groups is 2. The lowest BCUT2D eigenvalue weighted by Gasteiger charge is -2.31. The van der Waals surface area contributed by atoms with E-state index in [0.717, 1.165) is 24.2 Å². The number of nitrogens with one attached hydrogen (secondary N) is 1. The molecule has 1 aliphatic carbocycles. The number of methoxy groups -OCH3 is 1. The molecule has 1 aromatic rings. The minimum atomic E-state index is -1.10. The highest BCUT2D eigenvalue weighted by Gasteiger charge is 2.31. The van der Waals surface area contributed by atoms with Crippen LogP contribution in [0, 0.1) is 11.8 Å². The largest absolute Gasteiger partial charge is 0.550 e. The van der Waals surface area contributed by atoms with Gasteiger partial charge in [0.05, 0.1) is 7.11 Å². The van der Waals surface area contributed by atoms with Crippen LogP contribution in [0.2, 0.25) is 0 Å². The summed E-state index contributed by atoms with van der Waals surface area (Å²) in [6, 6.07) is 7.67. The summed E-state index contributed by atoms with van der Waals surface area (Å²) in [5.74, 6) is -1.56. The molecule has 0 spiro atoms. The Hall–Kier alpha value is -2.04. The number of rotatable bonds is 6. The number of amides is 1. The van der Waals surface area contributed by atoms with Crippen molar-refractivity contribution in [2.24, 2.45) is 11.8 Å². The normalized spacial score (nSPS) is 21.1. The Balaban J connectivity index is 1.82. The average Bonchev–Trinajstić information content (AvgIpc) is 2.55. The summed E-state index contributed by atoms with van der Waals surface area (Å²) in [4.78, 5) is 23.3. The molecular weight excluding hydrogens is 282 g/mol. The predicted octanol–water partition coefficient (Wildman–Crippen LogP) is 0.910. The van der Waals surface area contributed by atoms with E-state index in [0.29, 0.717) is 25.8 Å². The molecule has 1 saturated carbocycles. The molecule has 0 aliphatic heterocycles. The van der Waals surface area contributed by atoms with Crippen molar-refractivity contribution < 1.29 is 19.4 Å². The molecule has 0 unspecified atom stereocenters. The molecule has 1 aromatic carbocycles. The molecule has 1 fully saturated rings. The smallest absolute Gasteiger partial charge is 0.223 e. The van der Waals surface area contributed by atoms with Crippen LogP contribution < -0.4 is 15.2 Å². The average molecular weight is 304 g/mol. The molecule has 0 heterocycles. The maximum atomic E-state index is 12.2. The molecule has 22 heavy (non-hydrogen) atoms. The van der Waals surface area contributed by atoms with E-state index in [2.05, 4.69) is 5.32 Å². The molecule has 0 saturated heterocycles. The van der Waals surface area contributed by atoms with Gasteiger partial charge in [-0.15, -0.1) is 0 Å². The summed E-state index contributed by atoms with van der Waals surface area (Å²) in [6.45, 7) is 0.501. The lowest BCUT2D eigenvalue weighted by Crippen LogP contribution is -2.44. The zero-order chi connectivity index (χ0) is 15.9. The van der Waals surface area contributed by atoms with Crippen molar-refractivity contribution in [2.75, 3.05) is 13.7 Å². The first kappa shape index (κ1) is 16.3. The van der Waals surface area contributed by atoms with Gasteiger partial charge in [-0.3, -0.25) is 4.79 Å². The van der Waals surface area contributed by atoms with Crippen molar-refractivity contribution in [3.63, 3.8) is 0 Å². The number of ether oxygens (including phenoxy) is 1. The topological polar surface area (TPSA) is 78.5 Å². The van der Waals surface area contributed by atoms with Gasteiger partial charge in [0.2, 0.25) is 5.91 Å². The van der Waals surface area contributed by atoms with Crippen LogP contribution in [-0.2, 0) is 16.0 Å². The number of carbonyl (C=O) groups excluding carboxylic acids is 2. The Morgan fingerprint density at radius 2 is 1.82 bits per heavy atom. The minimum Gasteiger partial charge on any atom is -0.550 e. The summed E-state index contributed by atoms with van der Waals surface area (Å²) in [6.07, 6.45) is 3.64. The van der Waals surface area contributed by atoms with Gasteiger partial charge in [-0.05, 0) is 37.0 Å². The molecule has 1 N–H and O–H groups in total. The molecule has 120 valence electrons. The summed E-state index contributed by atoms with van der Waals surface area (Å²) in [5, 5.41) is 14.0. The molecular formula is C17H22NO4-. The number of aliphatic carboxylic acids is 1. The van der Waals surface area contributed by atoms with E-state index in [1.165, 1.54) is 0 Å². The van der Waals surface area contributed by atoms with Gasteiger partial charge < -0.3 is 20.0 Å². The fourth-order valence-corrected chi connectivity index (χ4v) is 2.98. The van der Waals surface area contributed by atoms with Gasteiger partial charge in [0.15, 0.2) is 0 Å². The second-order valence-corrected chi connectivity index (χ2v) is 5.71. The standard InChI is InChI=1S/C17H23NO4/c1-22-13-8-6-12(7-9-13)10-11-18-16(19)14-4-2-3-5-15(14)17(20)21/h6-9,14-15H,2-5,10-11H2,1H3,(H,18,19)(H,20,21)/p-1/t14-,15-/m0/s1. The summed E-state index contributed by atoms with van der Waals surface area (Å²) in [7, 11) is 1.62. The Labute approximate surface area is 130 Å². The monoisotopic (exact) mass is 304 g/mol. The van der Waals surface area contributed by atoms with Crippen LogP contribution >= 0.6 is 0 Å². The third-order valence-electron chi connectivity index (χ3n) is 4.28. The van der Waals surface area contributed by atoms with Gasteiger partial charge in [0.25, 0.3) is 0 Å². The lowest BCUT2D eigenvalue weighted by atomic mass is 9.78. The van der Waals surface area contributed by atoms with Crippen molar-refractivity contribution in [1.82, 2.24) is 5.32 Å². The van der Waals surface area contributed by atoms with Crippen molar-refractivity contribution in [3.8, 4) is 5.75 Å². The fraction of sp³-hybridized carbons (Fsp3) is 0.529. The van der Waals surface area contributed by atoms with Crippen LogP contribution in [0.25, 0.3) is 0 Å². The maximum Gasteiger partial charge on any atom is 0.223 e. The van der Waals surface area contributed by atoms with E-state index in [1.54, 1.807) is 7.11 Å². The highest BCUT2D eigenvalue weighted by atomic mass is 16.5. The lowest BCUT2D eigenvalue weighted by molar-refractivity contribution is -0.314. The van der Waals surface area contributed by atoms with Crippen molar-refractivity contribution >= 4 is 11.9 Å². The van der Waals surface area contributed by atoms with Crippen LogP contribution in [0.5, 0.6) is 5.75 Å². The Kier molecular flexibility index (Phi) is 5.81. The number of hydrogen-bond donors (Lipinski definition) is 1. The minimum absolute atomic E-state index is 0.164. The quantitative estimate of drug-likeness (QED) is 0.847. The van der Waals surface area contributed by atoms with Gasteiger partial charge in [0, 0.05) is 24.3 Å². The molecule has 1 amide bonds. The first-order valence-corrected chi connectivity index (χ1v) is 7.73. The van der Waals surface area contributed by atoms with Crippen LogP contribution in [0.4, 0.5) is 0 Å². The fourth-order valence-electron chi connectivity index (χ4n) is 2.98. The molecule has 2 rings (SSSR count). The second-order valence-electron chi connectivity index (χ2n) is 5.71. The number of benzene rings is 1. The first-order chi connectivity index (χ1) is 10.6. The van der Waals surface area contributed by atoms with Gasteiger partial charge in [-0.25, -0.2) is 0 Å². The molecule has 2 atom stereocenters. The predicted molar refractivity (Wildman–Crippen MR) is 80.2 cm³/mol. The molecule has 0 bridgehead atoms. The van der Waals surface area contributed by atoms with Crippen LogP contribution in [-0.4, -0.2) is 25.5 Å². The highest BCUT2D eigenvalue weighted by Crippen LogP contribution is 2.29. The number of carboxylic acid groups (broad SMARTS) is 1. The first-order valence-electron chi connectivity index (χ1n) is 7.73. The molecule has 0 aromatic heterocycles. The van der Waals surface area contributed by atoms with Gasteiger partial charge in [-0.2, -0.15) is 0 Å². The third-order valence-corrected chi connectivity index (χ3v) is 4.28. The van der Waals surface area contributed by atoms with E-state index in [1.807, 2.05) is 24.3 Å². The Bertz CT molecular complexity index is 512. The summed E-state index contributed by atoms with van der Waals surface area (Å²) in [5.41, 5.74) is 1.10.